The predicted molar refractivity (Wildman–Crippen MR) is 343 cm³/mol. The Bertz CT molecular complexity index is 3020. The van der Waals surface area contributed by atoms with Crippen molar-refractivity contribution >= 4 is 70.6 Å². The highest BCUT2D eigenvalue weighted by atomic mass is 19.4. The fourth-order valence-electron chi connectivity index (χ4n) is 13.0. The van der Waals surface area contributed by atoms with Gasteiger partial charge in [0.1, 0.15) is 29.9 Å². The number of nitrogens with zero attached hydrogens (tertiary/aromatic N) is 3. The number of rotatable bonds is 29. The molecule has 12 atom stereocenters. The number of pyridine rings is 1. The number of Topliss-reactive ketones (excluding diaryl/α,β-unsaturated/α-hetero) is 4. The predicted octanol–water partition coefficient (Wildman–Crippen LogP) is 5.76. The highest BCUT2D eigenvalue weighted by molar-refractivity contribution is 6.39. The van der Waals surface area contributed by atoms with Gasteiger partial charge in [0.25, 0.3) is 11.8 Å². The van der Waals surface area contributed by atoms with Crippen LogP contribution in [0.3, 0.4) is 0 Å². The van der Waals surface area contributed by atoms with Crippen molar-refractivity contribution in [3.8, 4) is 5.88 Å². The number of halogens is 3. The SMILES string of the molecule is C=CCNC(=O)C(=O)C(CCC)NC(=O)[C@@H]1[C@@H]2[C@H](CN1C(=O)[C@@H](NC(=O)N[C@H](C(=O)c1cccc(OC)n1)C(C)C)C(C)(C)C)C2(C)C.CCCNC(=O)C(=O)C(CCC(F)(F)F)NC(=O)[C@@H]1[C@@H]2[C@H](CN1C(=O)[C@@H](NC(=O)N[C@H](C(=O)C1CC1)C(C)C)C(C)(C)C)C2(C)C. The number of amides is 10. The summed E-state index contributed by atoms with van der Waals surface area (Å²) in [5.74, 6) is -7.59. The van der Waals surface area contributed by atoms with E-state index < -0.39 is 143 Å². The Morgan fingerprint density at radius 3 is 1.49 bits per heavy atom. The number of carbonyl (C=O) groups excluding carboxylic acids is 12. The molecule has 10 amide bonds. The van der Waals surface area contributed by atoms with Crippen LogP contribution in [0.15, 0.2) is 30.9 Å². The van der Waals surface area contributed by atoms with Gasteiger partial charge in [-0.05, 0) is 95.3 Å². The van der Waals surface area contributed by atoms with Crippen LogP contribution >= 0.6 is 0 Å². The minimum absolute atomic E-state index is 0.0427. The van der Waals surface area contributed by atoms with Gasteiger partial charge in [-0.25, -0.2) is 14.6 Å². The van der Waals surface area contributed by atoms with E-state index in [-0.39, 0.29) is 95.7 Å². The molecular formula is C67H102F3N11O13. The number of piperidine rings is 2. The maximum Gasteiger partial charge on any atom is 0.389 e. The summed E-state index contributed by atoms with van der Waals surface area (Å²) in [7, 11) is 1.44. The van der Waals surface area contributed by atoms with Crippen molar-refractivity contribution in [2.45, 2.75) is 210 Å². The van der Waals surface area contributed by atoms with E-state index in [0.29, 0.717) is 19.4 Å². The molecule has 0 radical (unpaired) electrons. The number of methoxy groups -OCH3 is 1. The molecule has 6 rings (SSSR count). The fraction of sp³-hybridized carbons (Fsp3) is 0.716. The molecule has 1 aromatic heterocycles. The molecule has 27 heteroatoms. The summed E-state index contributed by atoms with van der Waals surface area (Å²) in [5, 5.41) is 20.9. The number of hydrogen-bond acceptors (Lipinski definition) is 14. The van der Waals surface area contributed by atoms with Crippen molar-refractivity contribution in [2.75, 3.05) is 33.3 Å². The van der Waals surface area contributed by atoms with Crippen LogP contribution in [0.25, 0.3) is 0 Å². The van der Waals surface area contributed by atoms with Crippen molar-refractivity contribution < 1.29 is 75.4 Å². The summed E-state index contributed by atoms with van der Waals surface area (Å²) in [6.45, 7) is 33.6. The molecule has 2 unspecified atom stereocenters. The summed E-state index contributed by atoms with van der Waals surface area (Å²) < 4.78 is 44.6. The average Bonchev–Trinajstić information content (AvgIpc) is 1.53. The van der Waals surface area contributed by atoms with Crippen molar-refractivity contribution in [1.82, 2.24) is 57.3 Å². The van der Waals surface area contributed by atoms with Crippen LogP contribution in [0.1, 0.15) is 166 Å². The lowest BCUT2D eigenvalue weighted by atomic mass is 9.85. The number of nitrogens with one attached hydrogen (secondary N) is 8. The quantitative estimate of drug-likeness (QED) is 0.0269. The van der Waals surface area contributed by atoms with Gasteiger partial charge in [0.2, 0.25) is 46.9 Å². The van der Waals surface area contributed by atoms with Crippen LogP contribution in [0.5, 0.6) is 5.88 Å². The van der Waals surface area contributed by atoms with Crippen molar-refractivity contribution in [3.63, 3.8) is 0 Å². The summed E-state index contributed by atoms with van der Waals surface area (Å²) >= 11 is 0. The lowest BCUT2D eigenvalue weighted by molar-refractivity contribution is -0.148. The van der Waals surface area contributed by atoms with E-state index in [0.717, 1.165) is 12.8 Å². The van der Waals surface area contributed by atoms with Gasteiger partial charge in [-0.15, -0.1) is 6.58 Å². The zero-order chi connectivity index (χ0) is 71.1. The minimum atomic E-state index is -4.63. The highest BCUT2D eigenvalue weighted by Crippen LogP contribution is 2.66. The molecule has 3 heterocycles. The first-order valence-corrected chi connectivity index (χ1v) is 32.8. The van der Waals surface area contributed by atoms with Gasteiger partial charge in [-0.2, -0.15) is 13.2 Å². The second kappa shape index (κ2) is 30.9. The van der Waals surface area contributed by atoms with Crippen LogP contribution < -0.4 is 47.3 Å². The van der Waals surface area contributed by atoms with Crippen LogP contribution in [-0.2, 0) is 43.2 Å². The van der Waals surface area contributed by atoms with E-state index in [1.165, 1.54) is 23.0 Å². The Labute approximate surface area is 550 Å². The first-order valence-electron chi connectivity index (χ1n) is 32.8. The van der Waals surface area contributed by atoms with E-state index in [9.17, 15) is 70.7 Å². The van der Waals surface area contributed by atoms with Gasteiger partial charge in [-0.3, -0.25) is 47.9 Å². The maximum absolute atomic E-state index is 14.3. The monoisotopic (exact) mass is 1330 g/mol. The standard InChI is InChI=1S/C35H52N6O7.C32H50F3N5O6/c1-11-14-21(28(43)31(45)36-17-12-2)38-30(44)26-24-20(35(24,8)9)18-41(26)32(46)29(34(5,6)7)40-33(47)39-25(19(3)4)27(42)22-15-13-16-23(37-22)48-10;1-9-14-36-27(44)24(42)19(12-13-32(33,34)35)37-26(43)22-20-18(31(20,7)8)15-40(22)28(45)25(30(4,5)6)39-29(46)38-21(16(2)3)23(41)17-10-11-17/h12-13,15-16,19-21,24-26,29H,2,11,14,17-18H2,1,3-10H3,(H,36,45)(H,38,44)(H2,39,40,47);16-22,25H,9-15H2,1-8H3,(H,36,44)(H,37,43)(H2,38,39,46)/t20-,21?,24-,25-,26-,29+;18-,19?,20-,21-,22-,25+/m00/s1. The number of ether oxygens (including phenoxy) is 1. The molecule has 94 heavy (non-hydrogen) atoms. The molecule has 3 saturated carbocycles. The number of ketones is 4. The number of alkyl halides is 3. The average molecular weight is 1330 g/mol. The normalized spacial score (nSPS) is 22.5. The number of hydrogen-bond donors (Lipinski definition) is 8. The first-order chi connectivity index (χ1) is 43.5. The van der Waals surface area contributed by atoms with Gasteiger partial charge in [-0.1, -0.05) is 129 Å². The van der Waals surface area contributed by atoms with E-state index in [2.05, 4.69) is 54.1 Å². The van der Waals surface area contributed by atoms with Crippen molar-refractivity contribution in [2.24, 2.45) is 63.1 Å². The number of fused-ring (bicyclic) bond motifs is 2. The van der Waals surface area contributed by atoms with Gasteiger partial charge < -0.3 is 57.1 Å². The molecular weight excluding hydrogens is 1220 g/mol. The van der Waals surface area contributed by atoms with E-state index in [4.69, 9.17) is 4.74 Å². The van der Waals surface area contributed by atoms with Crippen molar-refractivity contribution in [3.05, 3.63) is 36.5 Å². The Kier molecular flexibility index (Phi) is 25.4. The summed E-state index contributed by atoms with van der Waals surface area (Å²) in [4.78, 5) is 167. The lowest BCUT2D eigenvalue weighted by Gasteiger charge is -2.38. The Hall–Kier alpha value is -7.48. The third kappa shape index (κ3) is 18.9. The lowest BCUT2D eigenvalue weighted by Crippen LogP contribution is -2.62. The Morgan fingerprint density at radius 1 is 0.649 bits per heavy atom. The van der Waals surface area contributed by atoms with Crippen LogP contribution in [0, 0.1) is 63.1 Å². The molecule has 24 nitrogen and oxygen atoms in total. The molecule has 5 fully saturated rings. The molecule has 524 valence electrons. The fourth-order valence-corrected chi connectivity index (χ4v) is 13.0. The van der Waals surface area contributed by atoms with E-state index in [1.54, 1.807) is 80.5 Å². The number of urea groups is 2. The topological polar surface area (TPSA) is 330 Å². The Morgan fingerprint density at radius 2 is 1.10 bits per heavy atom. The molecule has 0 bridgehead atoms. The molecule has 1 aromatic rings. The van der Waals surface area contributed by atoms with Gasteiger partial charge >= 0.3 is 18.2 Å². The second-order valence-corrected chi connectivity index (χ2v) is 29.7. The first kappa shape index (κ1) is 77.2. The molecule has 2 saturated heterocycles. The van der Waals surface area contributed by atoms with Crippen molar-refractivity contribution in [1.29, 1.82) is 0 Å². The zero-order valence-electron chi connectivity index (χ0n) is 57.7. The number of likely N-dealkylation sites (tertiary alicyclic amines) is 2. The van der Waals surface area contributed by atoms with Crippen LogP contribution in [-0.4, -0.2) is 173 Å². The summed E-state index contributed by atoms with van der Waals surface area (Å²) in [6, 6.07) is -5.36. The third-order valence-electron chi connectivity index (χ3n) is 18.9. The molecule has 8 N–H and O–H groups in total. The smallest absolute Gasteiger partial charge is 0.389 e. The third-order valence-corrected chi connectivity index (χ3v) is 18.9. The van der Waals surface area contributed by atoms with E-state index >= 15 is 0 Å². The van der Waals surface area contributed by atoms with Gasteiger partial charge in [0, 0.05) is 44.6 Å². The zero-order valence-corrected chi connectivity index (χ0v) is 57.7. The van der Waals surface area contributed by atoms with Crippen LogP contribution in [0.4, 0.5) is 22.8 Å². The molecule has 0 spiro atoms. The molecule has 5 aliphatic rings. The Balaban J connectivity index is 0.000000341. The number of carbonyl (C=O) groups is 12. The highest BCUT2D eigenvalue weighted by Gasteiger charge is 2.71. The van der Waals surface area contributed by atoms with Crippen LogP contribution in [0.2, 0.25) is 0 Å². The largest absolute Gasteiger partial charge is 0.481 e. The minimum Gasteiger partial charge on any atom is -0.481 e. The summed E-state index contributed by atoms with van der Waals surface area (Å²) in [6.07, 6.45) is -2.59. The number of aromatic nitrogens is 1. The molecule has 0 aromatic carbocycles. The molecule has 2 aliphatic heterocycles. The second-order valence-electron chi connectivity index (χ2n) is 29.7. The molecule has 3 aliphatic carbocycles. The summed E-state index contributed by atoms with van der Waals surface area (Å²) in [5.41, 5.74) is -2.08. The maximum atomic E-state index is 14.3. The van der Waals surface area contributed by atoms with E-state index in [1.807, 2.05) is 48.5 Å². The van der Waals surface area contributed by atoms with Gasteiger partial charge in [0.15, 0.2) is 5.78 Å². The van der Waals surface area contributed by atoms with Gasteiger partial charge in [0.05, 0.1) is 31.3 Å².